The van der Waals surface area contributed by atoms with Crippen molar-refractivity contribution in [3.63, 3.8) is 0 Å². The second-order valence-electron chi connectivity index (χ2n) is 5.96. The number of carbonyl (C=O) groups excluding carboxylic acids is 1. The second-order valence-corrected chi connectivity index (χ2v) is 6.53. The summed E-state index contributed by atoms with van der Waals surface area (Å²) in [7, 11) is 1.23. The molecule has 0 aliphatic heterocycles. The second kappa shape index (κ2) is 8.11. The average Bonchev–Trinajstić information content (AvgIpc) is 3.23. The highest BCUT2D eigenvalue weighted by Crippen LogP contribution is 2.59. The molecule has 1 saturated carbocycles. The molecule has 0 radical (unpaired) electrons. The van der Waals surface area contributed by atoms with Crippen molar-refractivity contribution in [2.24, 2.45) is 10.4 Å². The topological polar surface area (TPSA) is 65.7 Å². The minimum absolute atomic E-state index is 0.0551. The lowest BCUT2D eigenvalue weighted by molar-refractivity contribution is -0.190. The maximum Gasteiger partial charge on any atom is 0.394 e. The lowest BCUT2D eigenvalue weighted by Gasteiger charge is -2.18. The van der Waals surface area contributed by atoms with Crippen LogP contribution >= 0.6 is 11.6 Å². The van der Waals surface area contributed by atoms with Crippen molar-refractivity contribution in [2.45, 2.75) is 39.0 Å². The van der Waals surface area contributed by atoms with Crippen molar-refractivity contribution in [3.8, 4) is 5.88 Å². The Balaban J connectivity index is 1.84. The van der Waals surface area contributed by atoms with Crippen molar-refractivity contribution in [2.75, 3.05) is 13.7 Å². The van der Waals surface area contributed by atoms with Crippen LogP contribution in [-0.2, 0) is 16.2 Å². The van der Waals surface area contributed by atoms with Gasteiger partial charge in [0.1, 0.15) is 6.67 Å². The first-order chi connectivity index (χ1) is 12.2. The number of hydrogen-bond acceptors (Lipinski definition) is 5. The maximum atomic E-state index is 12.8. The van der Waals surface area contributed by atoms with Crippen LogP contribution < -0.4 is 4.74 Å². The zero-order valence-corrected chi connectivity index (χ0v) is 15.1. The number of halogens is 4. The highest BCUT2D eigenvalue weighted by Gasteiger charge is 2.62. The van der Waals surface area contributed by atoms with E-state index in [-0.39, 0.29) is 49.0 Å². The van der Waals surface area contributed by atoms with Crippen molar-refractivity contribution >= 4 is 23.8 Å². The summed E-state index contributed by atoms with van der Waals surface area (Å²) in [5.74, 6) is -0.389. The molecular weight excluding hydrogens is 375 g/mol. The number of methoxy groups -OCH3 is 1. The Morgan fingerprint density at radius 3 is 2.73 bits per heavy atom. The van der Waals surface area contributed by atoms with E-state index in [0.29, 0.717) is 0 Å². The normalized spacial score (nSPS) is 17.2. The number of aliphatic imine (C=N–C) groups is 1. The lowest BCUT2D eigenvalue weighted by atomic mass is 10.0. The molecule has 0 unspecified atom stereocenters. The summed E-state index contributed by atoms with van der Waals surface area (Å²) in [6.45, 7) is 1.56. The molecule has 0 amide bonds. The fourth-order valence-corrected chi connectivity index (χ4v) is 2.41. The minimum Gasteiger partial charge on any atom is -0.477 e. The van der Waals surface area contributed by atoms with Crippen LogP contribution in [0.3, 0.4) is 0 Å². The summed E-state index contributed by atoms with van der Waals surface area (Å²) in [5, 5.41) is 4.29. The van der Waals surface area contributed by atoms with E-state index in [1.54, 1.807) is 6.20 Å². The largest absolute Gasteiger partial charge is 0.477 e. The molecule has 2 rings (SSSR count). The molecule has 1 aromatic heterocycles. The molecule has 26 heavy (non-hydrogen) atoms. The van der Waals surface area contributed by atoms with E-state index in [2.05, 4.69) is 14.8 Å². The summed E-state index contributed by atoms with van der Waals surface area (Å²) in [5.41, 5.74) is -1.46. The molecule has 1 aromatic rings. The van der Waals surface area contributed by atoms with Crippen LogP contribution in [0.1, 0.15) is 26.2 Å². The fourth-order valence-electron chi connectivity index (χ4n) is 2.28. The zero-order valence-electron chi connectivity index (χ0n) is 14.3. The molecule has 0 aromatic carbocycles. The first kappa shape index (κ1) is 20.3. The highest BCUT2D eigenvalue weighted by atomic mass is 35.5. The first-order valence-electron chi connectivity index (χ1n) is 7.86. The molecule has 6 nitrogen and oxygen atoms in total. The third-order valence-electron chi connectivity index (χ3n) is 4.13. The average molecular weight is 394 g/mol. The number of ether oxygens (including phenoxy) is 2. The molecule has 1 fully saturated rings. The Morgan fingerprint density at radius 2 is 2.19 bits per heavy atom. The Morgan fingerprint density at radius 1 is 1.50 bits per heavy atom. The van der Waals surface area contributed by atoms with E-state index < -0.39 is 17.6 Å². The SMILES string of the molecule is COC(=O)C(/C=N\Cn1ccc(OCCC2(C(F)(F)F)CC2)n1)=C(/C)Cl. The summed E-state index contributed by atoms with van der Waals surface area (Å²) in [6.07, 6.45) is -1.12. The van der Waals surface area contributed by atoms with Crippen LogP contribution in [0.25, 0.3) is 0 Å². The van der Waals surface area contributed by atoms with Gasteiger partial charge in [-0.15, -0.1) is 5.10 Å². The van der Waals surface area contributed by atoms with Crippen molar-refractivity contribution in [3.05, 3.63) is 22.9 Å². The fraction of sp³-hybridized carbons (Fsp3) is 0.562. The highest BCUT2D eigenvalue weighted by molar-refractivity contribution is 6.34. The van der Waals surface area contributed by atoms with Crippen LogP contribution in [0, 0.1) is 5.41 Å². The Hall–Kier alpha value is -2.03. The molecule has 0 atom stereocenters. The van der Waals surface area contributed by atoms with E-state index in [0.717, 1.165) is 0 Å². The first-order valence-corrected chi connectivity index (χ1v) is 8.24. The van der Waals surface area contributed by atoms with Crippen molar-refractivity contribution < 1.29 is 27.4 Å². The smallest absolute Gasteiger partial charge is 0.394 e. The van der Waals surface area contributed by atoms with Gasteiger partial charge in [-0.25, -0.2) is 9.48 Å². The monoisotopic (exact) mass is 393 g/mol. The van der Waals surface area contributed by atoms with Gasteiger partial charge in [0, 0.05) is 23.5 Å². The molecule has 0 N–H and O–H groups in total. The number of nitrogens with zero attached hydrogens (tertiary/aromatic N) is 3. The number of carbonyl (C=O) groups is 1. The van der Waals surface area contributed by atoms with Gasteiger partial charge in [-0.1, -0.05) is 11.6 Å². The molecule has 1 heterocycles. The number of rotatable bonds is 8. The number of esters is 1. The zero-order chi connectivity index (χ0) is 19.4. The molecular formula is C16H19ClF3N3O3. The Bertz CT molecular complexity index is 705. The minimum atomic E-state index is -4.18. The van der Waals surface area contributed by atoms with Gasteiger partial charge in [-0.05, 0) is 26.2 Å². The van der Waals surface area contributed by atoms with Crippen LogP contribution in [0.15, 0.2) is 27.9 Å². The Kier molecular flexibility index (Phi) is 6.33. The van der Waals surface area contributed by atoms with Gasteiger partial charge in [0.25, 0.3) is 0 Å². The van der Waals surface area contributed by atoms with Crippen molar-refractivity contribution in [1.82, 2.24) is 9.78 Å². The van der Waals surface area contributed by atoms with Gasteiger partial charge in [0.2, 0.25) is 5.88 Å². The molecule has 1 aliphatic rings. The molecule has 0 saturated heterocycles. The van der Waals surface area contributed by atoms with Crippen LogP contribution in [0.4, 0.5) is 13.2 Å². The lowest BCUT2D eigenvalue weighted by Crippen LogP contribution is -2.26. The van der Waals surface area contributed by atoms with Gasteiger partial charge in [-0.3, -0.25) is 4.99 Å². The number of hydrogen-bond donors (Lipinski definition) is 0. The van der Waals surface area contributed by atoms with Gasteiger partial charge < -0.3 is 9.47 Å². The van der Waals surface area contributed by atoms with Gasteiger partial charge in [0.15, 0.2) is 0 Å². The van der Waals surface area contributed by atoms with Gasteiger partial charge in [0.05, 0.1) is 24.7 Å². The maximum absolute atomic E-state index is 12.8. The number of alkyl halides is 3. The van der Waals surface area contributed by atoms with Crippen molar-refractivity contribution in [1.29, 1.82) is 0 Å². The van der Waals surface area contributed by atoms with Gasteiger partial charge in [-0.2, -0.15) is 13.2 Å². The molecule has 10 heteroatoms. The van der Waals surface area contributed by atoms with Crippen LogP contribution in [-0.4, -0.2) is 41.9 Å². The molecule has 144 valence electrons. The summed E-state index contributed by atoms with van der Waals surface area (Å²) in [4.78, 5) is 15.5. The summed E-state index contributed by atoms with van der Waals surface area (Å²) >= 11 is 5.80. The van der Waals surface area contributed by atoms with Crippen LogP contribution in [0.5, 0.6) is 5.88 Å². The Labute approximate surface area is 153 Å². The standard InChI is InChI=1S/C16H19ClF3N3O3/c1-11(17)12(14(24)25-2)9-21-10-23-7-3-13(22-23)26-8-6-15(4-5-15)16(18,19)20/h3,7,9H,4-6,8,10H2,1-2H3/b12-11-,21-9-. The third kappa shape index (κ3) is 5.00. The molecule has 1 aliphatic carbocycles. The number of allylic oxidation sites excluding steroid dienone is 1. The van der Waals surface area contributed by atoms with E-state index in [4.69, 9.17) is 16.3 Å². The van der Waals surface area contributed by atoms with Gasteiger partial charge >= 0.3 is 12.1 Å². The van der Waals surface area contributed by atoms with E-state index in [1.165, 1.54) is 31.0 Å². The summed E-state index contributed by atoms with van der Waals surface area (Å²) < 4.78 is 49.8. The van der Waals surface area contributed by atoms with Crippen LogP contribution in [0.2, 0.25) is 0 Å². The predicted octanol–water partition coefficient (Wildman–Crippen LogP) is 3.71. The predicted molar refractivity (Wildman–Crippen MR) is 89.1 cm³/mol. The number of aromatic nitrogens is 2. The van der Waals surface area contributed by atoms with E-state index >= 15 is 0 Å². The molecule has 0 spiro atoms. The summed E-state index contributed by atoms with van der Waals surface area (Å²) in [6, 6.07) is 1.53. The van der Waals surface area contributed by atoms with E-state index in [9.17, 15) is 18.0 Å². The van der Waals surface area contributed by atoms with E-state index in [1.807, 2.05) is 0 Å². The quantitative estimate of drug-likeness (QED) is 0.383. The third-order valence-corrected chi connectivity index (χ3v) is 4.33. The molecule has 0 bridgehead atoms.